The van der Waals surface area contributed by atoms with Crippen molar-refractivity contribution in [2.24, 2.45) is 0 Å². The van der Waals surface area contributed by atoms with E-state index in [0.717, 1.165) is 5.56 Å². The third-order valence-corrected chi connectivity index (χ3v) is 3.18. The first kappa shape index (κ1) is 16.0. The zero-order valence-corrected chi connectivity index (χ0v) is 12.4. The summed E-state index contributed by atoms with van der Waals surface area (Å²) in [5.74, 6) is -1.32. The van der Waals surface area contributed by atoms with Crippen molar-refractivity contribution in [1.29, 1.82) is 0 Å². The van der Waals surface area contributed by atoms with Crippen LogP contribution in [0.4, 0.5) is 4.39 Å². The van der Waals surface area contributed by atoms with Crippen molar-refractivity contribution in [3.05, 3.63) is 70.5 Å². The highest BCUT2D eigenvalue weighted by atomic mass is 35.5. The quantitative estimate of drug-likeness (QED) is 0.850. The summed E-state index contributed by atoms with van der Waals surface area (Å²) >= 11 is 5.75. The lowest BCUT2D eigenvalue weighted by atomic mass is 10.1. The predicted molar refractivity (Wildman–Crippen MR) is 81.5 cm³/mol. The van der Waals surface area contributed by atoms with E-state index in [2.05, 4.69) is 10.9 Å². The summed E-state index contributed by atoms with van der Waals surface area (Å²) in [4.78, 5) is 23.3. The van der Waals surface area contributed by atoms with E-state index >= 15 is 0 Å². The Kier molecular flexibility index (Phi) is 5.49. The van der Waals surface area contributed by atoms with Gasteiger partial charge in [-0.3, -0.25) is 20.4 Å². The van der Waals surface area contributed by atoms with Crippen molar-refractivity contribution in [3.8, 4) is 0 Å². The molecule has 0 saturated carbocycles. The predicted octanol–water partition coefficient (Wildman–Crippen LogP) is 2.41. The molecule has 2 rings (SSSR count). The number of halogens is 2. The largest absolute Gasteiger partial charge is 0.273 e. The number of benzene rings is 2. The van der Waals surface area contributed by atoms with E-state index in [-0.39, 0.29) is 24.3 Å². The molecule has 4 nitrogen and oxygen atoms in total. The zero-order valence-electron chi connectivity index (χ0n) is 11.6. The number of amides is 2. The molecule has 2 aromatic rings. The number of carbonyl (C=O) groups is 2. The van der Waals surface area contributed by atoms with Crippen LogP contribution in [0.3, 0.4) is 0 Å². The molecule has 6 heteroatoms. The summed E-state index contributed by atoms with van der Waals surface area (Å²) in [5, 5.41) is 0.586. The molecule has 2 N–H and O–H groups in total. The lowest BCUT2D eigenvalue weighted by molar-refractivity contribution is -0.128. The second-order valence-electron chi connectivity index (χ2n) is 4.67. The van der Waals surface area contributed by atoms with E-state index < -0.39 is 11.7 Å². The Balaban J connectivity index is 1.79. The van der Waals surface area contributed by atoms with Crippen molar-refractivity contribution < 1.29 is 14.0 Å². The van der Waals surface area contributed by atoms with Gasteiger partial charge in [0.05, 0.1) is 12.8 Å². The SMILES string of the molecule is O=C(Cc1ccc(Cl)cc1)NNC(=O)Cc1ccccc1F. The van der Waals surface area contributed by atoms with E-state index in [1.54, 1.807) is 36.4 Å². The molecule has 0 aromatic heterocycles. The Morgan fingerprint density at radius 1 is 0.909 bits per heavy atom. The van der Waals surface area contributed by atoms with Crippen molar-refractivity contribution >= 4 is 23.4 Å². The van der Waals surface area contributed by atoms with Crippen molar-refractivity contribution in [2.45, 2.75) is 12.8 Å². The lowest BCUT2D eigenvalue weighted by Gasteiger charge is -2.08. The molecule has 0 aliphatic rings. The number of hydrazine groups is 1. The van der Waals surface area contributed by atoms with Crippen LogP contribution in [-0.4, -0.2) is 11.8 Å². The van der Waals surface area contributed by atoms with Gasteiger partial charge in [-0.25, -0.2) is 4.39 Å². The molecule has 0 atom stereocenters. The van der Waals surface area contributed by atoms with Crippen LogP contribution in [0.2, 0.25) is 5.02 Å². The van der Waals surface area contributed by atoms with Gasteiger partial charge in [0.15, 0.2) is 0 Å². The van der Waals surface area contributed by atoms with Gasteiger partial charge in [-0.15, -0.1) is 0 Å². The number of rotatable bonds is 4. The fourth-order valence-corrected chi connectivity index (χ4v) is 1.96. The summed E-state index contributed by atoms with van der Waals surface area (Å²) in [7, 11) is 0. The molecular weight excluding hydrogens is 307 g/mol. The van der Waals surface area contributed by atoms with Crippen LogP contribution in [0.5, 0.6) is 0 Å². The molecule has 0 heterocycles. The highest BCUT2D eigenvalue weighted by Gasteiger charge is 2.09. The third kappa shape index (κ3) is 4.86. The van der Waals surface area contributed by atoms with E-state index in [1.807, 2.05) is 0 Å². The van der Waals surface area contributed by atoms with Gasteiger partial charge in [0.25, 0.3) is 0 Å². The zero-order chi connectivity index (χ0) is 15.9. The van der Waals surface area contributed by atoms with Crippen LogP contribution in [0.25, 0.3) is 0 Å². The first-order valence-electron chi connectivity index (χ1n) is 6.60. The molecule has 0 bridgehead atoms. The molecule has 0 aliphatic heterocycles. The van der Waals surface area contributed by atoms with Gasteiger partial charge in [0, 0.05) is 5.02 Å². The van der Waals surface area contributed by atoms with E-state index in [9.17, 15) is 14.0 Å². The van der Waals surface area contributed by atoms with Crippen molar-refractivity contribution in [1.82, 2.24) is 10.9 Å². The molecule has 114 valence electrons. The number of nitrogens with one attached hydrogen (secondary N) is 2. The van der Waals surface area contributed by atoms with Gasteiger partial charge >= 0.3 is 0 Å². The molecular formula is C16H14ClFN2O2. The molecule has 2 aromatic carbocycles. The minimum Gasteiger partial charge on any atom is -0.273 e. The van der Waals surface area contributed by atoms with Crippen LogP contribution in [0.1, 0.15) is 11.1 Å². The highest BCUT2D eigenvalue weighted by molar-refractivity contribution is 6.30. The van der Waals surface area contributed by atoms with Crippen LogP contribution < -0.4 is 10.9 Å². The molecule has 22 heavy (non-hydrogen) atoms. The minimum absolute atomic E-state index is 0.108. The highest BCUT2D eigenvalue weighted by Crippen LogP contribution is 2.10. The smallest absolute Gasteiger partial charge is 0.242 e. The lowest BCUT2D eigenvalue weighted by Crippen LogP contribution is -2.43. The third-order valence-electron chi connectivity index (χ3n) is 2.93. The number of carbonyl (C=O) groups excluding carboxylic acids is 2. The minimum atomic E-state index is -0.491. The van der Waals surface area contributed by atoms with Gasteiger partial charge in [-0.05, 0) is 29.3 Å². The van der Waals surface area contributed by atoms with Crippen molar-refractivity contribution in [3.63, 3.8) is 0 Å². The Morgan fingerprint density at radius 3 is 2.14 bits per heavy atom. The summed E-state index contributed by atoms with van der Waals surface area (Å²) in [5.41, 5.74) is 5.59. The standard InChI is InChI=1S/C16H14ClFN2O2/c17-13-7-5-11(6-8-13)9-15(21)19-20-16(22)10-12-3-1-2-4-14(12)18/h1-8H,9-10H2,(H,19,21)(H,20,22). The molecule has 0 aliphatic carbocycles. The fourth-order valence-electron chi connectivity index (χ4n) is 1.83. The van der Waals surface area contributed by atoms with Gasteiger partial charge in [-0.2, -0.15) is 0 Å². The second kappa shape index (κ2) is 7.56. The molecule has 0 fully saturated rings. The van der Waals surface area contributed by atoms with Gasteiger partial charge in [-0.1, -0.05) is 41.9 Å². The summed E-state index contributed by atoms with van der Waals surface area (Å²) < 4.78 is 13.4. The van der Waals surface area contributed by atoms with Gasteiger partial charge < -0.3 is 0 Å². The number of hydrogen-bond donors (Lipinski definition) is 2. The first-order valence-corrected chi connectivity index (χ1v) is 6.98. The normalized spacial score (nSPS) is 10.1. The average molecular weight is 321 g/mol. The maximum absolute atomic E-state index is 13.4. The topological polar surface area (TPSA) is 58.2 Å². The Bertz CT molecular complexity index is 674. The summed E-state index contributed by atoms with van der Waals surface area (Å²) in [6, 6.07) is 12.8. The maximum Gasteiger partial charge on any atom is 0.242 e. The average Bonchev–Trinajstić information content (AvgIpc) is 2.50. The van der Waals surface area contributed by atoms with Crippen LogP contribution in [0, 0.1) is 5.82 Å². The van der Waals surface area contributed by atoms with Crippen LogP contribution >= 0.6 is 11.6 Å². The molecule has 0 unspecified atom stereocenters. The second-order valence-corrected chi connectivity index (χ2v) is 5.10. The molecule has 0 radical (unpaired) electrons. The van der Waals surface area contributed by atoms with Gasteiger partial charge in [0.2, 0.25) is 11.8 Å². The Labute approximate surface area is 132 Å². The summed E-state index contributed by atoms with van der Waals surface area (Å²) in [6.07, 6.45) is -0.0367. The van der Waals surface area contributed by atoms with Crippen molar-refractivity contribution in [2.75, 3.05) is 0 Å². The molecule has 0 spiro atoms. The Hall–Kier alpha value is -2.40. The molecule has 0 saturated heterocycles. The van der Waals surface area contributed by atoms with Crippen LogP contribution in [0.15, 0.2) is 48.5 Å². The number of hydrogen-bond acceptors (Lipinski definition) is 2. The Morgan fingerprint density at radius 2 is 1.50 bits per heavy atom. The van der Waals surface area contributed by atoms with Crippen LogP contribution in [-0.2, 0) is 22.4 Å². The van der Waals surface area contributed by atoms with E-state index in [0.29, 0.717) is 5.02 Å². The van der Waals surface area contributed by atoms with Gasteiger partial charge in [0.1, 0.15) is 5.82 Å². The summed E-state index contributed by atoms with van der Waals surface area (Å²) in [6.45, 7) is 0. The molecule has 2 amide bonds. The first-order chi connectivity index (χ1) is 10.5. The monoisotopic (exact) mass is 320 g/mol. The fraction of sp³-hybridized carbons (Fsp3) is 0.125. The van der Waals surface area contributed by atoms with E-state index in [4.69, 9.17) is 11.6 Å². The maximum atomic E-state index is 13.4. The van der Waals surface area contributed by atoms with E-state index in [1.165, 1.54) is 12.1 Å².